The highest BCUT2D eigenvalue weighted by molar-refractivity contribution is 9.09. The third-order valence-corrected chi connectivity index (χ3v) is 6.33. The fourth-order valence-electron chi connectivity index (χ4n) is 3.86. The van der Waals surface area contributed by atoms with Crippen LogP contribution < -0.4 is 0 Å². The molecule has 2 aliphatic carbocycles. The zero-order valence-corrected chi connectivity index (χ0v) is 14.0. The van der Waals surface area contributed by atoms with E-state index in [0.29, 0.717) is 5.41 Å². The Bertz CT molecular complexity index is 442. The maximum absolute atomic E-state index is 3.79. The Morgan fingerprint density at radius 1 is 1.11 bits per heavy atom. The first-order valence-corrected chi connectivity index (χ1v) is 8.69. The van der Waals surface area contributed by atoms with Gasteiger partial charge in [0.25, 0.3) is 0 Å². The number of benzene rings is 1. The average Bonchev–Trinajstić information content (AvgIpc) is 2.97. The summed E-state index contributed by atoms with van der Waals surface area (Å²) in [4.78, 5) is 0. The summed E-state index contributed by atoms with van der Waals surface area (Å²) in [5, 5.41) is 1.17. The molecule has 104 valence electrons. The van der Waals surface area contributed by atoms with Crippen LogP contribution in [0.1, 0.15) is 51.2 Å². The van der Waals surface area contributed by atoms with Gasteiger partial charge in [-0.15, -0.1) is 0 Å². The van der Waals surface area contributed by atoms with Crippen LogP contribution in [0.2, 0.25) is 0 Å². The molecule has 3 rings (SSSR count). The Balaban J connectivity index is 1.73. The molecule has 19 heavy (non-hydrogen) atoms. The Kier molecular flexibility index (Phi) is 3.32. The summed E-state index contributed by atoms with van der Waals surface area (Å²) in [6.45, 7) is 6.85. The van der Waals surface area contributed by atoms with Crippen molar-refractivity contribution in [2.75, 3.05) is 5.33 Å². The molecule has 0 amide bonds. The van der Waals surface area contributed by atoms with Crippen molar-refractivity contribution >= 4 is 15.9 Å². The van der Waals surface area contributed by atoms with E-state index in [1.165, 1.54) is 42.1 Å². The zero-order chi connectivity index (χ0) is 13.7. The van der Waals surface area contributed by atoms with Gasteiger partial charge >= 0.3 is 0 Å². The minimum Gasteiger partial charge on any atom is -0.0922 e. The van der Waals surface area contributed by atoms with Gasteiger partial charge in [0.2, 0.25) is 0 Å². The Morgan fingerprint density at radius 2 is 1.68 bits per heavy atom. The lowest BCUT2D eigenvalue weighted by atomic mass is 9.78. The molecule has 0 aliphatic heterocycles. The van der Waals surface area contributed by atoms with Crippen molar-refractivity contribution in [3.05, 3.63) is 35.4 Å². The van der Waals surface area contributed by atoms with Crippen LogP contribution in [-0.4, -0.2) is 5.33 Å². The predicted molar refractivity (Wildman–Crippen MR) is 85.9 cm³/mol. The second-order valence-corrected chi connectivity index (χ2v) is 8.48. The molecule has 0 saturated heterocycles. The lowest BCUT2D eigenvalue weighted by Gasteiger charge is -2.29. The largest absolute Gasteiger partial charge is 0.0922 e. The minimum absolute atomic E-state index is 0.265. The molecule has 2 saturated carbocycles. The molecule has 0 heterocycles. The molecule has 1 heteroatoms. The molecule has 2 fully saturated rings. The maximum atomic E-state index is 3.79. The van der Waals surface area contributed by atoms with Crippen molar-refractivity contribution in [2.24, 2.45) is 17.3 Å². The number of alkyl halides is 1. The van der Waals surface area contributed by atoms with Crippen LogP contribution in [0.25, 0.3) is 0 Å². The van der Waals surface area contributed by atoms with Crippen molar-refractivity contribution in [3.8, 4) is 0 Å². The summed E-state index contributed by atoms with van der Waals surface area (Å²) in [5.41, 5.74) is 3.78. The van der Waals surface area contributed by atoms with Gasteiger partial charge in [-0.1, -0.05) is 61.0 Å². The SMILES string of the molecule is CC(C)(C)c1ccc(CC2(CBr)CC3CC3C2)cc1. The lowest BCUT2D eigenvalue weighted by molar-refractivity contribution is 0.308. The van der Waals surface area contributed by atoms with E-state index in [4.69, 9.17) is 0 Å². The Hall–Kier alpha value is -0.300. The Morgan fingerprint density at radius 3 is 2.16 bits per heavy atom. The Labute approximate surface area is 126 Å². The van der Waals surface area contributed by atoms with Crippen molar-refractivity contribution in [1.29, 1.82) is 0 Å². The number of rotatable bonds is 3. The van der Waals surface area contributed by atoms with Crippen LogP contribution in [0.15, 0.2) is 24.3 Å². The van der Waals surface area contributed by atoms with E-state index in [0.717, 1.165) is 11.8 Å². The molecule has 0 bridgehead atoms. The molecular formula is C18H25Br. The van der Waals surface area contributed by atoms with Crippen LogP contribution in [0.4, 0.5) is 0 Å². The first-order valence-electron chi connectivity index (χ1n) is 7.57. The van der Waals surface area contributed by atoms with Crippen molar-refractivity contribution < 1.29 is 0 Å². The highest BCUT2D eigenvalue weighted by atomic mass is 79.9. The molecule has 1 aromatic carbocycles. The monoisotopic (exact) mass is 320 g/mol. The highest BCUT2D eigenvalue weighted by Crippen LogP contribution is 2.61. The fourth-order valence-corrected chi connectivity index (χ4v) is 4.52. The van der Waals surface area contributed by atoms with Gasteiger partial charge < -0.3 is 0 Å². The zero-order valence-electron chi connectivity index (χ0n) is 12.4. The van der Waals surface area contributed by atoms with Crippen molar-refractivity contribution in [1.82, 2.24) is 0 Å². The summed E-state index contributed by atoms with van der Waals surface area (Å²) in [7, 11) is 0. The van der Waals surface area contributed by atoms with E-state index in [-0.39, 0.29) is 5.41 Å². The van der Waals surface area contributed by atoms with Gasteiger partial charge in [0, 0.05) is 5.33 Å². The summed E-state index contributed by atoms with van der Waals surface area (Å²) < 4.78 is 0. The molecule has 0 radical (unpaired) electrons. The van der Waals surface area contributed by atoms with Crippen LogP contribution in [-0.2, 0) is 11.8 Å². The number of fused-ring (bicyclic) bond motifs is 1. The summed E-state index contributed by atoms with van der Waals surface area (Å²) in [6.07, 6.45) is 5.67. The van der Waals surface area contributed by atoms with Crippen molar-refractivity contribution in [2.45, 2.75) is 51.9 Å². The van der Waals surface area contributed by atoms with E-state index < -0.39 is 0 Å². The van der Waals surface area contributed by atoms with Gasteiger partial charge in [-0.05, 0) is 59.5 Å². The molecule has 0 nitrogen and oxygen atoms in total. The molecule has 2 atom stereocenters. The smallest absolute Gasteiger partial charge is 0.00913 e. The van der Waals surface area contributed by atoms with Gasteiger partial charge in [0.1, 0.15) is 0 Å². The third kappa shape index (κ3) is 2.77. The molecule has 1 aromatic rings. The summed E-state index contributed by atoms with van der Waals surface area (Å²) in [6, 6.07) is 9.36. The number of hydrogen-bond donors (Lipinski definition) is 0. The fraction of sp³-hybridized carbons (Fsp3) is 0.667. The molecule has 0 spiro atoms. The molecule has 0 aromatic heterocycles. The van der Waals surface area contributed by atoms with E-state index in [1.807, 2.05) is 0 Å². The van der Waals surface area contributed by atoms with Crippen LogP contribution in [0.3, 0.4) is 0 Å². The lowest BCUT2D eigenvalue weighted by Crippen LogP contribution is -2.23. The molecule has 2 unspecified atom stereocenters. The molecule has 2 aliphatic rings. The van der Waals surface area contributed by atoms with Gasteiger partial charge in [0.05, 0.1) is 0 Å². The topological polar surface area (TPSA) is 0 Å². The van der Waals surface area contributed by atoms with E-state index in [1.54, 1.807) is 0 Å². The van der Waals surface area contributed by atoms with Gasteiger partial charge in [-0.25, -0.2) is 0 Å². The standard InChI is InChI=1S/C18H25Br/c1-17(2,3)16-6-4-13(5-7-16)9-18(12-19)10-14-8-15(14)11-18/h4-7,14-15H,8-12H2,1-3H3. The third-order valence-electron chi connectivity index (χ3n) is 5.14. The molecular weight excluding hydrogens is 296 g/mol. The minimum atomic E-state index is 0.265. The van der Waals surface area contributed by atoms with E-state index >= 15 is 0 Å². The predicted octanol–water partition coefficient (Wildman–Crippen LogP) is 5.34. The van der Waals surface area contributed by atoms with Crippen LogP contribution >= 0.6 is 15.9 Å². The normalized spacial score (nSPS) is 33.3. The highest BCUT2D eigenvalue weighted by Gasteiger charge is 2.52. The summed E-state index contributed by atoms with van der Waals surface area (Å²) in [5.74, 6) is 2.12. The van der Waals surface area contributed by atoms with Gasteiger partial charge in [-0.2, -0.15) is 0 Å². The quantitative estimate of drug-likeness (QED) is 0.659. The van der Waals surface area contributed by atoms with Crippen LogP contribution in [0.5, 0.6) is 0 Å². The van der Waals surface area contributed by atoms with E-state index in [2.05, 4.69) is 61.0 Å². The summed E-state index contributed by atoms with van der Waals surface area (Å²) >= 11 is 3.79. The average molecular weight is 321 g/mol. The number of halogens is 1. The van der Waals surface area contributed by atoms with Gasteiger partial charge in [-0.3, -0.25) is 0 Å². The van der Waals surface area contributed by atoms with Crippen molar-refractivity contribution in [3.63, 3.8) is 0 Å². The van der Waals surface area contributed by atoms with Crippen LogP contribution in [0, 0.1) is 17.3 Å². The van der Waals surface area contributed by atoms with Gasteiger partial charge in [0.15, 0.2) is 0 Å². The second kappa shape index (κ2) is 4.62. The number of hydrogen-bond acceptors (Lipinski definition) is 0. The first-order chi connectivity index (χ1) is 8.92. The van der Waals surface area contributed by atoms with E-state index in [9.17, 15) is 0 Å². The first kappa shape index (κ1) is 13.7. The molecule has 0 N–H and O–H groups in total. The second-order valence-electron chi connectivity index (χ2n) is 7.92. The maximum Gasteiger partial charge on any atom is 0.00913 e.